The van der Waals surface area contributed by atoms with Gasteiger partial charge in [0.25, 0.3) is 11.6 Å². The maximum absolute atomic E-state index is 13.0. The molecule has 0 saturated carbocycles. The molecule has 0 unspecified atom stereocenters. The van der Waals surface area contributed by atoms with Crippen molar-refractivity contribution >= 4 is 28.2 Å². The number of rotatable bonds is 4. The van der Waals surface area contributed by atoms with Crippen molar-refractivity contribution in [2.24, 2.45) is 0 Å². The lowest BCUT2D eigenvalue weighted by molar-refractivity contribution is -0.384. The summed E-state index contributed by atoms with van der Waals surface area (Å²) >= 11 is 0. The van der Waals surface area contributed by atoms with E-state index in [1.165, 1.54) is 18.2 Å². The first-order chi connectivity index (χ1) is 14.0. The highest BCUT2D eigenvalue weighted by molar-refractivity contribution is 6.13. The summed E-state index contributed by atoms with van der Waals surface area (Å²) in [5.41, 5.74) is 4.17. The summed E-state index contributed by atoms with van der Waals surface area (Å²) in [5, 5.41) is 14.5. The van der Waals surface area contributed by atoms with Crippen molar-refractivity contribution in [2.45, 2.75) is 6.92 Å². The van der Waals surface area contributed by atoms with Crippen molar-refractivity contribution in [2.75, 3.05) is 5.32 Å². The molecule has 142 valence electrons. The third-order valence-electron chi connectivity index (χ3n) is 4.62. The van der Waals surface area contributed by atoms with E-state index < -0.39 is 4.92 Å². The molecule has 4 rings (SSSR count). The van der Waals surface area contributed by atoms with E-state index in [1.807, 2.05) is 55.5 Å². The van der Waals surface area contributed by atoms with E-state index in [4.69, 9.17) is 4.98 Å². The Kier molecular flexibility index (Phi) is 4.75. The molecule has 29 heavy (non-hydrogen) atoms. The fourth-order valence-corrected chi connectivity index (χ4v) is 3.13. The molecule has 0 fully saturated rings. The molecule has 0 saturated heterocycles. The Balaban J connectivity index is 1.77. The van der Waals surface area contributed by atoms with Gasteiger partial charge in [-0.1, -0.05) is 54.1 Å². The number of carbonyl (C=O) groups is 1. The molecular weight excluding hydrogens is 366 g/mol. The predicted octanol–water partition coefficient (Wildman–Crippen LogP) is 5.37. The van der Waals surface area contributed by atoms with E-state index in [-0.39, 0.29) is 11.6 Å². The maximum atomic E-state index is 13.0. The highest BCUT2D eigenvalue weighted by Gasteiger charge is 2.15. The zero-order valence-electron chi connectivity index (χ0n) is 15.6. The quantitative estimate of drug-likeness (QED) is 0.379. The number of aryl methyl sites for hydroxylation is 1. The molecule has 0 spiro atoms. The van der Waals surface area contributed by atoms with Crippen LogP contribution in [-0.2, 0) is 0 Å². The first-order valence-corrected chi connectivity index (χ1v) is 9.04. The topological polar surface area (TPSA) is 85.1 Å². The van der Waals surface area contributed by atoms with Crippen molar-refractivity contribution in [1.29, 1.82) is 0 Å². The van der Waals surface area contributed by atoms with Gasteiger partial charge in [-0.25, -0.2) is 4.98 Å². The summed E-state index contributed by atoms with van der Waals surface area (Å²) in [7, 11) is 0. The number of nitrogens with zero attached hydrogens (tertiary/aromatic N) is 2. The summed E-state index contributed by atoms with van der Waals surface area (Å²) in [6.07, 6.45) is 0. The number of pyridine rings is 1. The fraction of sp³-hybridized carbons (Fsp3) is 0.0435. The maximum Gasteiger partial charge on any atom is 0.271 e. The molecule has 0 radical (unpaired) electrons. The molecule has 6 nitrogen and oxygen atoms in total. The molecular formula is C23H17N3O3. The predicted molar refractivity (Wildman–Crippen MR) is 113 cm³/mol. The second kappa shape index (κ2) is 7.52. The number of nitro benzene ring substituents is 1. The Labute approximate surface area is 167 Å². The highest BCUT2D eigenvalue weighted by atomic mass is 16.6. The summed E-state index contributed by atoms with van der Waals surface area (Å²) in [6, 6.07) is 23.0. The molecule has 1 heterocycles. The molecule has 0 aliphatic rings. The van der Waals surface area contributed by atoms with Gasteiger partial charge in [-0.05, 0) is 25.1 Å². The fourth-order valence-electron chi connectivity index (χ4n) is 3.13. The number of non-ortho nitro benzene ring substituents is 1. The van der Waals surface area contributed by atoms with Crippen molar-refractivity contribution in [3.63, 3.8) is 0 Å². The van der Waals surface area contributed by atoms with E-state index in [1.54, 1.807) is 12.1 Å². The van der Waals surface area contributed by atoms with Gasteiger partial charge in [0.2, 0.25) is 0 Å². The van der Waals surface area contributed by atoms with E-state index in [9.17, 15) is 14.9 Å². The van der Waals surface area contributed by atoms with Crippen molar-refractivity contribution in [3.05, 3.63) is 100 Å². The van der Waals surface area contributed by atoms with Gasteiger partial charge in [0, 0.05) is 28.8 Å². The number of nitro groups is 1. The van der Waals surface area contributed by atoms with Gasteiger partial charge in [-0.3, -0.25) is 14.9 Å². The van der Waals surface area contributed by atoms with E-state index in [0.717, 1.165) is 11.1 Å². The summed E-state index contributed by atoms with van der Waals surface area (Å²) in [6.45, 7) is 2.01. The largest absolute Gasteiger partial charge is 0.322 e. The molecule has 4 aromatic rings. The third-order valence-corrected chi connectivity index (χ3v) is 4.62. The Morgan fingerprint density at radius 1 is 0.966 bits per heavy atom. The number of amides is 1. The Hall–Kier alpha value is -4.06. The molecule has 0 aliphatic heterocycles. The van der Waals surface area contributed by atoms with Crippen LogP contribution in [-0.4, -0.2) is 15.8 Å². The minimum atomic E-state index is -0.493. The van der Waals surface area contributed by atoms with Crippen LogP contribution in [0.15, 0.2) is 78.9 Å². The third kappa shape index (κ3) is 3.82. The highest BCUT2D eigenvalue weighted by Crippen LogP contribution is 2.26. The number of para-hydroxylation sites is 1. The molecule has 0 atom stereocenters. The number of hydrogen-bond donors (Lipinski definition) is 1. The van der Waals surface area contributed by atoms with Crippen LogP contribution in [0.2, 0.25) is 0 Å². The van der Waals surface area contributed by atoms with Crippen molar-refractivity contribution in [3.8, 4) is 11.3 Å². The summed E-state index contributed by atoms with van der Waals surface area (Å²) < 4.78 is 0. The zero-order chi connectivity index (χ0) is 20.4. The number of aromatic nitrogens is 1. The zero-order valence-corrected chi connectivity index (χ0v) is 15.6. The van der Waals surface area contributed by atoms with E-state index in [2.05, 4.69) is 5.32 Å². The minimum Gasteiger partial charge on any atom is -0.322 e. The number of fused-ring (bicyclic) bond motifs is 1. The van der Waals surface area contributed by atoms with Crippen molar-refractivity contribution < 1.29 is 9.72 Å². The lowest BCUT2D eigenvalue weighted by atomic mass is 10.0. The second-order valence-corrected chi connectivity index (χ2v) is 6.70. The van der Waals surface area contributed by atoms with Gasteiger partial charge >= 0.3 is 0 Å². The SMILES string of the molecule is Cc1ccc(-c2cc(C(=O)Nc3cccc([N+](=O)[O-])c3)c3ccccc3n2)cc1. The average molecular weight is 383 g/mol. The van der Waals surface area contributed by atoms with Crippen LogP contribution in [0.5, 0.6) is 0 Å². The molecule has 0 aliphatic carbocycles. The Bertz CT molecular complexity index is 1230. The first kappa shape index (κ1) is 18.3. The smallest absolute Gasteiger partial charge is 0.271 e. The number of nitrogens with one attached hydrogen (secondary N) is 1. The lowest BCUT2D eigenvalue weighted by Crippen LogP contribution is -2.13. The number of benzene rings is 3. The standard InChI is InChI=1S/C23H17N3O3/c1-15-9-11-16(12-10-15)22-14-20(19-7-2-3-8-21(19)25-22)23(27)24-17-5-4-6-18(13-17)26(28)29/h2-14H,1H3,(H,24,27). The second-order valence-electron chi connectivity index (χ2n) is 6.70. The average Bonchev–Trinajstić information content (AvgIpc) is 2.73. The van der Waals surface area contributed by atoms with E-state index in [0.29, 0.717) is 27.8 Å². The molecule has 1 N–H and O–H groups in total. The van der Waals surface area contributed by atoms with Crippen LogP contribution in [0.4, 0.5) is 11.4 Å². The van der Waals surface area contributed by atoms with Gasteiger partial charge in [-0.15, -0.1) is 0 Å². The monoisotopic (exact) mass is 383 g/mol. The first-order valence-electron chi connectivity index (χ1n) is 9.04. The van der Waals surface area contributed by atoms with Gasteiger partial charge in [0.15, 0.2) is 0 Å². The van der Waals surface area contributed by atoms with Crippen LogP contribution in [0.3, 0.4) is 0 Å². The van der Waals surface area contributed by atoms with Gasteiger partial charge in [0.1, 0.15) is 0 Å². The van der Waals surface area contributed by atoms with Gasteiger partial charge < -0.3 is 5.32 Å². The normalized spacial score (nSPS) is 10.7. The van der Waals surface area contributed by atoms with Gasteiger partial charge in [0.05, 0.1) is 21.7 Å². The number of anilines is 1. The van der Waals surface area contributed by atoms with Crippen molar-refractivity contribution in [1.82, 2.24) is 4.98 Å². The lowest BCUT2D eigenvalue weighted by Gasteiger charge is -2.11. The van der Waals surface area contributed by atoms with Gasteiger partial charge in [-0.2, -0.15) is 0 Å². The van der Waals surface area contributed by atoms with Crippen LogP contribution in [0.25, 0.3) is 22.2 Å². The molecule has 0 bridgehead atoms. The number of carbonyl (C=O) groups excluding carboxylic acids is 1. The van der Waals surface area contributed by atoms with Crippen LogP contribution in [0, 0.1) is 17.0 Å². The van der Waals surface area contributed by atoms with Crippen LogP contribution in [0.1, 0.15) is 15.9 Å². The van der Waals surface area contributed by atoms with E-state index >= 15 is 0 Å². The molecule has 1 aromatic heterocycles. The summed E-state index contributed by atoms with van der Waals surface area (Å²) in [4.78, 5) is 28.2. The number of hydrogen-bond acceptors (Lipinski definition) is 4. The Morgan fingerprint density at radius 3 is 2.48 bits per heavy atom. The molecule has 6 heteroatoms. The minimum absolute atomic E-state index is 0.0808. The summed E-state index contributed by atoms with van der Waals surface area (Å²) in [5.74, 6) is -0.350. The molecule has 3 aromatic carbocycles. The Morgan fingerprint density at radius 2 is 1.72 bits per heavy atom. The van der Waals surface area contributed by atoms with Crippen LogP contribution >= 0.6 is 0 Å². The molecule has 1 amide bonds. The van der Waals surface area contributed by atoms with Crippen LogP contribution < -0.4 is 5.32 Å².